The van der Waals surface area contributed by atoms with Gasteiger partial charge in [-0.05, 0) is 13.3 Å². The molecule has 24 heavy (non-hydrogen) atoms. The fraction of sp³-hybridized carbons (Fsp3) is 0.905. The van der Waals surface area contributed by atoms with Gasteiger partial charge in [-0.25, -0.2) is 4.79 Å². The molecule has 3 nitrogen and oxygen atoms in total. The Balaban J connectivity index is 3.10. The number of carbonyl (C=O) groups is 1. The van der Waals surface area contributed by atoms with Crippen LogP contribution in [0, 0.1) is 0 Å². The second-order valence-corrected chi connectivity index (χ2v) is 7.08. The van der Waals surface area contributed by atoms with Crippen LogP contribution in [0.2, 0.25) is 0 Å². The maximum Gasteiger partial charge on any atom is 0.349 e. The number of unbranched alkanes of at least 4 members (excludes halogenated alkanes) is 15. The lowest BCUT2D eigenvalue weighted by Gasteiger charge is -2.03. The molecule has 0 spiro atoms. The molecule has 142 valence electrons. The van der Waals surface area contributed by atoms with E-state index in [1.165, 1.54) is 96.3 Å². The maximum absolute atomic E-state index is 10.6. The van der Waals surface area contributed by atoms with Gasteiger partial charge in [-0.1, -0.05) is 103 Å². The first-order chi connectivity index (χ1) is 11.7. The van der Waals surface area contributed by atoms with Crippen molar-refractivity contribution in [3.63, 3.8) is 0 Å². The molecule has 0 fully saturated rings. The molecule has 0 radical (unpaired) electrons. The summed E-state index contributed by atoms with van der Waals surface area (Å²) in [5.74, 6) is -0.897. The van der Waals surface area contributed by atoms with Gasteiger partial charge in [0.2, 0.25) is 0 Å². The van der Waals surface area contributed by atoms with Crippen molar-refractivity contribution in [1.82, 2.24) is 0 Å². The number of aliphatic imine (C=N–C) groups is 1. The van der Waals surface area contributed by atoms with Crippen LogP contribution in [0.1, 0.15) is 117 Å². The van der Waals surface area contributed by atoms with Gasteiger partial charge in [0, 0.05) is 6.54 Å². The summed E-state index contributed by atoms with van der Waals surface area (Å²) in [6, 6.07) is 0. The van der Waals surface area contributed by atoms with Crippen molar-refractivity contribution in [2.24, 2.45) is 4.99 Å². The molecule has 0 aromatic rings. The monoisotopic (exact) mass is 339 g/mol. The van der Waals surface area contributed by atoms with Crippen LogP contribution in [0.4, 0.5) is 0 Å². The molecule has 0 atom stereocenters. The summed E-state index contributed by atoms with van der Waals surface area (Å²) >= 11 is 0. The Morgan fingerprint density at radius 3 is 1.33 bits per heavy atom. The molecular weight excluding hydrogens is 298 g/mol. The molecule has 0 aromatic carbocycles. The number of hydrogen-bond acceptors (Lipinski definition) is 2. The Bertz CT molecular complexity index is 313. The van der Waals surface area contributed by atoms with Gasteiger partial charge in [-0.2, -0.15) is 0 Å². The molecule has 1 N–H and O–H groups in total. The maximum atomic E-state index is 10.6. The third kappa shape index (κ3) is 17.5. The van der Waals surface area contributed by atoms with Crippen LogP contribution < -0.4 is 0 Å². The zero-order valence-corrected chi connectivity index (χ0v) is 16.3. The van der Waals surface area contributed by atoms with E-state index in [9.17, 15) is 4.79 Å². The van der Waals surface area contributed by atoms with Crippen molar-refractivity contribution in [1.29, 1.82) is 0 Å². The van der Waals surface area contributed by atoms with Crippen molar-refractivity contribution in [2.45, 2.75) is 117 Å². The van der Waals surface area contributed by atoms with Gasteiger partial charge in [0.05, 0.1) is 0 Å². The Morgan fingerprint density at radius 2 is 1.00 bits per heavy atom. The van der Waals surface area contributed by atoms with Gasteiger partial charge < -0.3 is 5.11 Å². The smallest absolute Gasteiger partial charge is 0.349 e. The van der Waals surface area contributed by atoms with Gasteiger partial charge in [-0.3, -0.25) is 4.99 Å². The minimum absolute atomic E-state index is 0.232. The summed E-state index contributed by atoms with van der Waals surface area (Å²) in [6.07, 6.45) is 21.7. The highest BCUT2D eigenvalue weighted by Gasteiger charge is 1.99. The first-order valence-corrected chi connectivity index (χ1v) is 10.4. The Hall–Kier alpha value is -0.860. The Labute approximate surface area is 150 Å². The lowest BCUT2D eigenvalue weighted by molar-refractivity contribution is -0.129. The minimum Gasteiger partial charge on any atom is -0.477 e. The first kappa shape index (κ1) is 23.1. The van der Waals surface area contributed by atoms with Gasteiger partial charge >= 0.3 is 5.97 Å². The summed E-state index contributed by atoms with van der Waals surface area (Å²) in [5.41, 5.74) is 0.232. The molecule has 0 saturated heterocycles. The van der Waals surface area contributed by atoms with Crippen LogP contribution in [0.5, 0.6) is 0 Å². The normalized spacial score (nSPS) is 11.8. The average Bonchev–Trinajstić information content (AvgIpc) is 2.57. The zero-order valence-electron chi connectivity index (χ0n) is 16.3. The zero-order chi connectivity index (χ0) is 17.9. The lowest BCUT2D eigenvalue weighted by atomic mass is 10.0. The van der Waals surface area contributed by atoms with Crippen LogP contribution in [0.25, 0.3) is 0 Å². The van der Waals surface area contributed by atoms with Crippen molar-refractivity contribution in [3.8, 4) is 0 Å². The molecule has 3 heteroatoms. The standard InChI is InChI=1S/C21H41NO2/c1-3-4-5-6-7-8-9-10-11-12-13-14-15-16-17-18-19-22-20(2)21(23)24/h3-19H2,1-2H3,(H,23,24). The fourth-order valence-electron chi connectivity index (χ4n) is 2.97. The fourth-order valence-corrected chi connectivity index (χ4v) is 2.97. The summed E-state index contributed by atoms with van der Waals surface area (Å²) in [4.78, 5) is 14.6. The molecule has 0 rings (SSSR count). The molecular formula is C21H41NO2. The van der Waals surface area contributed by atoms with Crippen molar-refractivity contribution >= 4 is 11.7 Å². The summed E-state index contributed by atoms with van der Waals surface area (Å²) < 4.78 is 0. The second-order valence-electron chi connectivity index (χ2n) is 7.08. The first-order valence-electron chi connectivity index (χ1n) is 10.4. The SMILES string of the molecule is CCCCCCCCCCCCCCCCCCN=C(C)C(=O)O. The lowest BCUT2D eigenvalue weighted by Crippen LogP contribution is -2.08. The van der Waals surface area contributed by atoms with E-state index in [2.05, 4.69) is 11.9 Å². The van der Waals surface area contributed by atoms with Crippen LogP contribution in [0.15, 0.2) is 4.99 Å². The van der Waals surface area contributed by atoms with Crippen molar-refractivity contribution in [2.75, 3.05) is 6.54 Å². The van der Waals surface area contributed by atoms with Gasteiger partial charge in [0.25, 0.3) is 0 Å². The van der Waals surface area contributed by atoms with Crippen molar-refractivity contribution < 1.29 is 9.90 Å². The van der Waals surface area contributed by atoms with E-state index in [4.69, 9.17) is 5.11 Å². The third-order valence-corrected chi connectivity index (χ3v) is 4.67. The number of nitrogens with zero attached hydrogens (tertiary/aromatic N) is 1. The predicted octanol–water partition coefficient (Wildman–Crippen LogP) is 6.79. The van der Waals surface area contributed by atoms with Crippen LogP contribution in [0.3, 0.4) is 0 Å². The van der Waals surface area contributed by atoms with E-state index in [-0.39, 0.29) is 5.71 Å². The van der Waals surface area contributed by atoms with E-state index >= 15 is 0 Å². The van der Waals surface area contributed by atoms with E-state index in [1.807, 2.05) is 0 Å². The minimum atomic E-state index is -0.897. The van der Waals surface area contributed by atoms with Gasteiger partial charge in [-0.15, -0.1) is 0 Å². The molecule has 0 bridgehead atoms. The molecule has 0 aromatic heterocycles. The molecule has 0 amide bonds. The van der Waals surface area contributed by atoms with Crippen LogP contribution >= 0.6 is 0 Å². The highest BCUT2D eigenvalue weighted by molar-refractivity contribution is 6.34. The van der Waals surface area contributed by atoms with Crippen molar-refractivity contribution in [3.05, 3.63) is 0 Å². The molecule has 0 saturated carbocycles. The van der Waals surface area contributed by atoms with E-state index in [0.717, 1.165) is 6.42 Å². The van der Waals surface area contributed by atoms with Crippen LogP contribution in [-0.4, -0.2) is 23.3 Å². The Kier molecular flexibility index (Phi) is 17.8. The summed E-state index contributed by atoms with van der Waals surface area (Å²) in [7, 11) is 0. The number of carboxylic acid groups (broad SMARTS) is 1. The highest BCUT2D eigenvalue weighted by atomic mass is 16.4. The number of rotatable bonds is 18. The molecule has 0 aliphatic rings. The Morgan fingerprint density at radius 1 is 0.667 bits per heavy atom. The largest absolute Gasteiger partial charge is 0.477 e. The molecule has 0 unspecified atom stereocenters. The van der Waals surface area contributed by atoms with Gasteiger partial charge in [0.1, 0.15) is 5.71 Å². The molecule has 0 aliphatic heterocycles. The topological polar surface area (TPSA) is 49.7 Å². The summed E-state index contributed by atoms with van der Waals surface area (Å²) in [6.45, 7) is 4.50. The van der Waals surface area contributed by atoms with Crippen LogP contribution in [-0.2, 0) is 4.79 Å². The number of carboxylic acids is 1. The van der Waals surface area contributed by atoms with E-state index < -0.39 is 5.97 Å². The molecule has 0 aliphatic carbocycles. The summed E-state index contributed by atoms with van der Waals surface area (Å²) in [5, 5.41) is 8.69. The molecule has 0 heterocycles. The quantitative estimate of drug-likeness (QED) is 0.221. The number of aliphatic carboxylic acids is 1. The average molecular weight is 340 g/mol. The third-order valence-electron chi connectivity index (χ3n) is 4.67. The number of hydrogen-bond donors (Lipinski definition) is 1. The van der Waals surface area contributed by atoms with E-state index in [1.54, 1.807) is 6.92 Å². The second kappa shape index (κ2) is 18.5. The highest BCUT2D eigenvalue weighted by Crippen LogP contribution is 2.13. The van der Waals surface area contributed by atoms with E-state index in [0.29, 0.717) is 6.54 Å². The van der Waals surface area contributed by atoms with Gasteiger partial charge in [0.15, 0.2) is 0 Å². The predicted molar refractivity (Wildman–Crippen MR) is 105 cm³/mol.